The molecule has 0 aliphatic heterocycles. The van der Waals surface area contributed by atoms with Gasteiger partial charge >= 0.3 is 6.18 Å². The second kappa shape index (κ2) is 5.72. The van der Waals surface area contributed by atoms with E-state index in [1.165, 1.54) is 19.4 Å². The first-order chi connectivity index (χ1) is 7.98. The average Bonchev–Trinajstić information content (AvgIpc) is 2.27. The Morgan fingerprint density at radius 1 is 1.47 bits per heavy atom. The normalized spacial score (nSPS) is 11.4. The Labute approximate surface area is 96.6 Å². The molecule has 0 fully saturated rings. The van der Waals surface area contributed by atoms with E-state index in [1.807, 2.05) is 0 Å². The van der Waals surface area contributed by atoms with Crippen molar-refractivity contribution in [2.24, 2.45) is 0 Å². The number of aliphatic hydroxyl groups is 1. The number of alkyl halides is 3. The van der Waals surface area contributed by atoms with Crippen molar-refractivity contribution in [2.75, 3.05) is 31.7 Å². The lowest BCUT2D eigenvalue weighted by Crippen LogP contribution is -2.37. The van der Waals surface area contributed by atoms with Crippen LogP contribution in [-0.4, -0.2) is 43.1 Å². The van der Waals surface area contributed by atoms with Gasteiger partial charge in [0.2, 0.25) is 0 Å². The van der Waals surface area contributed by atoms with Gasteiger partial charge in [-0.25, -0.2) is 4.98 Å². The standard InChI is InChI=1S/C10H13F3N2O2/c1-17-8-3-2-4-14-9(8)15(5-6-16)7-10(11,12)13/h2-4,16H,5-7H2,1H3. The van der Waals surface area contributed by atoms with Crippen LogP contribution in [0.2, 0.25) is 0 Å². The predicted octanol–water partition coefficient (Wildman–Crippen LogP) is 1.45. The smallest absolute Gasteiger partial charge is 0.405 e. The lowest BCUT2D eigenvalue weighted by Gasteiger charge is -2.25. The summed E-state index contributed by atoms with van der Waals surface area (Å²) in [5.41, 5.74) is 0. The molecule has 1 rings (SSSR count). The van der Waals surface area contributed by atoms with Crippen LogP contribution >= 0.6 is 0 Å². The summed E-state index contributed by atoms with van der Waals surface area (Å²) in [6.07, 6.45) is -2.99. The molecule has 1 aromatic rings. The number of nitrogens with zero attached hydrogens (tertiary/aromatic N) is 2. The third kappa shape index (κ3) is 4.10. The lowest BCUT2D eigenvalue weighted by molar-refractivity contribution is -0.120. The predicted molar refractivity (Wildman–Crippen MR) is 56.1 cm³/mol. The Morgan fingerprint density at radius 2 is 2.18 bits per heavy atom. The molecule has 1 N–H and O–H groups in total. The van der Waals surface area contributed by atoms with Crippen LogP contribution in [-0.2, 0) is 0 Å². The molecule has 0 bridgehead atoms. The van der Waals surface area contributed by atoms with Crippen molar-refractivity contribution in [2.45, 2.75) is 6.18 Å². The fourth-order valence-electron chi connectivity index (χ4n) is 1.38. The zero-order chi connectivity index (χ0) is 12.9. The van der Waals surface area contributed by atoms with Gasteiger partial charge in [0, 0.05) is 12.7 Å². The number of rotatable bonds is 5. The van der Waals surface area contributed by atoms with Crippen molar-refractivity contribution >= 4 is 5.82 Å². The fourth-order valence-corrected chi connectivity index (χ4v) is 1.38. The summed E-state index contributed by atoms with van der Waals surface area (Å²) in [5, 5.41) is 8.78. The topological polar surface area (TPSA) is 45.6 Å². The molecule has 0 aliphatic carbocycles. The van der Waals surface area contributed by atoms with Gasteiger partial charge in [0.25, 0.3) is 0 Å². The van der Waals surface area contributed by atoms with Gasteiger partial charge in [-0.15, -0.1) is 0 Å². The number of methoxy groups -OCH3 is 1. The highest BCUT2D eigenvalue weighted by atomic mass is 19.4. The highest BCUT2D eigenvalue weighted by Gasteiger charge is 2.32. The third-order valence-corrected chi connectivity index (χ3v) is 2.01. The maximum atomic E-state index is 12.4. The van der Waals surface area contributed by atoms with E-state index in [0.29, 0.717) is 0 Å². The molecule has 7 heteroatoms. The van der Waals surface area contributed by atoms with E-state index < -0.39 is 19.3 Å². The van der Waals surface area contributed by atoms with Crippen molar-refractivity contribution in [3.05, 3.63) is 18.3 Å². The van der Waals surface area contributed by atoms with Crippen LogP contribution < -0.4 is 9.64 Å². The number of aromatic nitrogens is 1. The van der Waals surface area contributed by atoms with Crippen molar-refractivity contribution in [1.29, 1.82) is 0 Å². The van der Waals surface area contributed by atoms with E-state index in [9.17, 15) is 13.2 Å². The van der Waals surface area contributed by atoms with Gasteiger partial charge < -0.3 is 14.7 Å². The Balaban J connectivity index is 2.96. The van der Waals surface area contributed by atoms with Gasteiger partial charge in [-0.05, 0) is 12.1 Å². The fraction of sp³-hybridized carbons (Fsp3) is 0.500. The minimum Gasteiger partial charge on any atom is -0.493 e. The minimum atomic E-state index is -4.36. The van der Waals surface area contributed by atoms with Gasteiger partial charge in [0.15, 0.2) is 11.6 Å². The van der Waals surface area contributed by atoms with E-state index in [-0.39, 0.29) is 18.1 Å². The van der Waals surface area contributed by atoms with Crippen molar-refractivity contribution < 1.29 is 23.0 Å². The van der Waals surface area contributed by atoms with Crippen molar-refractivity contribution in [1.82, 2.24) is 4.98 Å². The molecule has 0 atom stereocenters. The number of aliphatic hydroxyl groups excluding tert-OH is 1. The van der Waals surface area contributed by atoms with Crippen LogP contribution in [0.5, 0.6) is 5.75 Å². The highest BCUT2D eigenvalue weighted by molar-refractivity contribution is 5.52. The number of pyridine rings is 1. The maximum absolute atomic E-state index is 12.4. The van der Waals surface area contributed by atoms with Crippen molar-refractivity contribution in [3.8, 4) is 5.75 Å². The Hall–Kier alpha value is -1.50. The first-order valence-corrected chi connectivity index (χ1v) is 4.89. The molecular formula is C10H13F3N2O2. The molecule has 0 amide bonds. The summed E-state index contributed by atoms with van der Waals surface area (Å²) in [6.45, 7) is -1.73. The molecule has 0 spiro atoms. The van der Waals surface area contributed by atoms with Crippen LogP contribution in [0.15, 0.2) is 18.3 Å². The average molecular weight is 250 g/mol. The summed E-state index contributed by atoms with van der Waals surface area (Å²) in [6, 6.07) is 3.08. The quantitative estimate of drug-likeness (QED) is 0.859. The summed E-state index contributed by atoms with van der Waals surface area (Å²) >= 11 is 0. The first kappa shape index (κ1) is 13.6. The molecule has 0 saturated carbocycles. The lowest BCUT2D eigenvalue weighted by atomic mass is 10.3. The molecule has 0 aliphatic rings. The molecule has 4 nitrogen and oxygen atoms in total. The molecule has 17 heavy (non-hydrogen) atoms. The molecule has 0 unspecified atom stereocenters. The molecule has 1 aromatic heterocycles. The van der Waals surface area contributed by atoms with E-state index in [0.717, 1.165) is 4.90 Å². The minimum absolute atomic E-state index is 0.0707. The maximum Gasteiger partial charge on any atom is 0.405 e. The van der Waals surface area contributed by atoms with E-state index in [1.54, 1.807) is 6.07 Å². The van der Waals surface area contributed by atoms with Gasteiger partial charge in [0.1, 0.15) is 6.54 Å². The second-order valence-electron chi connectivity index (χ2n) is 3.29. The van der Waals surface area contributed by atoms with E-state index in [2.05, 4.69) is 4.98 Å². The first-order valence-electron chi connectivity index (χ1n) is 4.89. The van der Waals surface area contributed by atoms with Gasteiger partial charge in [-0.1, -0.05) is 0 Å². The van der Waals surface area contributed by atoms with Gasteiger partial charge in [-0.3, -0.25) is 0 Å². The molecular weight excluding hydrogens is 237 g/mol. The van der Waals surface area contributed by atoms with E-state index in [4.69, 9.17) is 9.84 Å². The number of anilines is 1. The largest absolute Gasteiger partial charge is 0.493 e. The van der Waals surface area contributed by atoms with Crippen LogP contribution in [0.4, 0.5) is 19.0 Å². The third-order valence-electron chi connectivity index (χ3n) is 2.01. The van der Waals surface area contributed by atoms with E-state index >= 15 is 0 Å². The molecule has 0 radical (unpaired) electrons. The Bertz CT molecular complexity index is 358. The summed E-state index contributed by atoms with van der Waals surface area (Å²) in [5.74, 6) is 0.312. The zero-order valence-electron chi connectivity index (χ0n) is 9.24. The number of ether oxygens (including phenoxy) is 1. The van der Waals surface area contributed by atoms with Gasteiger partial charge in [-0.2, -0.15) is 13.2 Å². The Morgan fingerprint density at radius 3 is 2.71 bits per heavy atom. The number of hydrogen-bond acceptors (Lipinski definition) is 4. The molecule has 0 saturated heterocycles. The second-order valence-corrected chi connectivity index (χ2v) is 3.29. The van der Waals surface area contributed by atoms with Crippen LogP contribution in [0.3, 0.4) is 0 Å². The molecule has 0 aromatic carbocycles. The van der Waals surface area contributed by atoms with Crippen LogP contribution in [0, 0.1) is 0 Å². The SMILES string of the molecule is COc1cccnc1N(CCO)CC(F)(F)F. The Kier molecular flexibility index (Phi) is 4.56. The highest BCUT2D eigenvalue weighted by Crippen LogP contribution is 2.27. The zero-order valence-corrected chi connectivity index (χ0v) is 9.24. The monoisotopic (exact) mass is 250 g/mol. The summed E-state index contributed by atoms with van der Waals surface area (Å²) in [7, 11) is 1.35. The number of hydrogen-bond donors (Lipinski definition) is 1. The van der Waals surface area contributed by atoms with Crippen LogP contribution in [0.25, 0.3) is 0 Å². The summed E-state index contributed by atoms with van der Waals surface area (Å²) in [4.78, 5) is 4.77. The number of halogens is 3. The molecule has 1 heterocycles. The summed E-state index contributed by atoms with van der Waals surface area (Å²) < 4.78 is 42.0. The van der Waals surface area contributed by atoms with Crippen LogP contribution in [0.1, 0.15) is 0 Å². The van der Waals surface area contributed by atoms with Crippen molar-refractivity contribution in [3.63, 3.8) is 0 Å². The van der Waals surface area contributed by atoms with Gasteiger partial charge in [0.05, 0.1) is 13.7 Å². The molecule has 96 valence electrons.